The number of aryl methyl sites for hydroxylation is 2. The summed E-state index contributed by atoms with van der Waals surface area (Å²) < 4.78 is 30.2. The summed E-state index contributed by atoms with van der Waals surface area (Å²) in [4.78, 5) is 25.8. The highest BCUT2D eigenvalue weighted by Gasteiger charge is 2.14. The third kappa shape index (κ3) is 6.67. The average Bonchev–Trinajstić information content (AvgIpc) is 2.64. The van der Waals surface area contributed by atoms with Crippen LogP contribution in [0.4, 0.5) is 14.5 Å². The van der Waals surface area contributed by atoms with Crippen molar-refractivity contribution in [2.45, 2.75) is 20.5 Å². The summed E-state index contributed by atoms with van der Waals surface area (Å²) >= 11 is 3.25. The first-order valence-corrected chi connectivity index (χ1v) is 9.50. The summed E-state index contributed by atoms with van der Waals surface area (Å²) in [5, 5.41) is 2.81. The monoisotopic (exact) mass is 466 g/mol. The van der Waals surface area contributed by atoms with E-state index in [0.29, 0.717) is 10.0 Å². The van der Waals surface area contributed by atoms with Gasteiger partial charge < -0.3 is 15.0 Å². The number of likely N-dealkylation sites (N-methyl/N-ethyl adjacent to an activating group) is 1. The number of anilines is 1. The number of halogens is 3. The molecule has 2 rings (SSSR count). The van der Waals surface area contributed by atoms with Crippen LogP contribution >= 0.6 is 15.9 Å². The van der Waals surface area contributed by atoms with E-state index in [-0.39, 0.29) is 18.2 Å². The van der Waals surface area contributed by atoms with Crippen molar-refractivity contribution in [2.24, 2.45) is 0 Å². The SMILES string of the molecule is Cc1cccc(C)c1NC(=O)CN(C)C(=O)/C=C/c1cc(Br)ccc1OC(F)F. The van der Waals surface area contributed by atoms with Crippen molar-refractivity contribution in [1.82, 2.24) is 4.90 Å². The maximum absolute atomic E-state index is 12.5. The van der Waals surface area contributed by atoms with Crippen molar-refractivity contribution >= 4 is 39.5 Å². The molecule has 0 spiro atoms. The van der Waals surface area contributed by atoms with E-state index >= 15 is 0 Å². The Morgan fingerprint density at radius 2 is 1.86 bits per heavy atom. The summed E-state index contributed by atoms with van der Waals surface area (Å²) in [6, 6.07) is 10.2. The van der Waals surface area contributed by atoms with Gasteiger partial charge in [-0.25, -0.2) is 0 Å². The normalized spacial score (nSPS) is 11.0. The van der Waals surface area contributed by atoms with Gasteiger partial charge in [-0.1, -0.05) is 34.1 Å². The number of benzene rings is 2. The minimum absolute atomic E-state index is 0.0531. The van der Waals surface area contributed by atoms with E-state index in [4.69, 9.17) is 0 Å². The van der Waals surface area contributed by atoms with Crippen LogP contribution < -0.4 is 10.1 Å². The van der Waals surface area contributed by atoms with Crippen LogP contribution in [0.5, 0.6) is 5.75 Å². The number of ether oxygens (including phenoxy) is 1. The van der Waals surface area contributed by atoms with E-state index in [1.807, 2.05) is 32.0 Å². The molecule has 0 heterocycles. The Bertz CT molecular complexity index is 912. The lowest BCUT2D eigenvalue weighted by molar-refractivity contribution is -0.129. The van der Waals surface area contributed by atoms with Crippen LogP contribution in [0.1, 0.15) is 16.7 Å². The van der Waals surface area contributed by atoms with Crippen LogP contribution in [-0.4, -0.2) is 36.9 Å². The van der Waals surface area contributed by atoms with Gasteiger partial charge in [0.15, 0.2) is 0 Å². The molecule has 5 nitrogen and oxygen atoms in total. The topological polar surface area (TPSA) is 58.6 Å². The van der Waals surface area contributed by atoms with Gasteiger partial charge in [-0.15, -0.1) is 0 Å². The van der Waals surface area contributed by atoms with Crippen LogP contribution in [0.15, 0.2) is 46.9 Å². The molecular weight excluding hydrogens is 446 g/mol. The van der Waals surface area contributed by atoms with Gasteiger partial charge in [0.25, 0.3) is 0 Å². The molecular formula is C21H21BrF2N2O3. The number of rotatable bonds is 7. The summed E-state index contributed by atoms with van der Waals surface area (Å²) in [7, 11) is 1.48. The fourth-order valence-electron chi connectivity index (χ4n) is 2.63. The Morgan fingerprint density at radius 3 is 2.48 bits per heavy atom. The molecule has 0 fully saturated rings. The van der Waals surface area contributed by atoms with Crippen molar-refractivity contribution in [3.05, 3.63) is 63.6 Å². The van der Waals surface area contributed by atoms with Gasteiger partial charge in [0.05, 0.1) is 6.54 Å². The van der Waals surface area contributed by atoms with Gasteiger partial charge in [0.1, 0.15) is 5.75 Å². The van der Waals surface area contributed by atoms with Crippen molar-refractivity contribution in [1.29, 1.82) is 0 Å². The van der Waals surface area contributed by atoms with E-state index in [0.717, 1.165) is 16.8 Å². The number of hydrogen-bond acceptors (Lipinski definition) is 3. The second kappa shape index (κ2) is 10.2. The van der Waals surface area contributed by atoms with Crippen LogP contribution in [0, 0.1) is 13.8 Å². The fourth-order valence-corrected chi connectivity index (χ4v) is 3.00. The van der Waals surface area contributed by atoms with E-state index in [1.165, 1.54) is 30.2 Å². The molecule has 2 amide bonds. The third-order valence-corrected chi connectivity index (χ3v) is 4.59. The largest absolute Gasteiger partial charge is 0.434 e. The molecule has 2 aromatic rings. The second-order valence-corrected chi connectivity index (χ2v) is 7.32. The molecule has 0 radical (unpaired) electrons. The smallest absolute Gasteiger partial charge is 0.387 e. The molecule has 0 aliphatic rings. The van der Waals surface area contributed by atoms with Crippen molar-refractivity contribution < 1.29 is 23.1 Å². The predicted molar refractivity (Wildman–Crippen MR) is 112 cm³/mol. The highest BCUT2D eigenvalue weighted by atomic mass is 79.9. The zero-order chi connectivity index (χ0) is 21.6. The molecule has 0 unspecified atom stereocenters. The average molecular weight is 467 g/mol. The molecule has 0 saturated heterocycles. The highest BCUT2D eigenvalue weighted by molar-refractivity contribution is 9.10. The second-order valence-electron chi connectivity index (χ2n) is 6.40. The zero-order valence-corrected chi connectivity index (χ0v) is 17.8. The van der Waals surface area contributed by atoms with Crippen molar-refractivity contribution in [2.75, 3.05) is 18.9 Å². The van der Waals surface area contributed by atoms with Gasteiger partial charge in [-0.3, -0.25) is 9.59 Å². The molecule has 0 aliphatic carbocycles. The number of para-hydroxylation sites is 1. The molecule has 2 aromatic carbocycles. The first-order valence-electron chi connectivity index (χ1n) is 8.71. The van der Waals surface area contributed by atoms with Crippen molar-refractivity contribution in [3.63, 3.8) is 0 Å². The Hall–Kier alpha value is -2.74. The Morgan fingerprint density at radius 1 is 1.21 bits per heavy atom. The lowest BCUT2D eigenvalue weighted by Crippen LogP contribution is -2.34. The third-order valence-electron chi connectivity index (χ3n) is 4.10. The van der Waals surface area contributed by atoms with Gasteiger partial charge in [-0.05, 0) is 49.2 Å². The predicted octanol–water partition coefficient (Wildman–Crippen LogP) is 4.78. The van der Waals surface area contributed by atoms with Crippen LogP contribution in [-0.2, 0) is 9.59 Å². The number of alkyl halides is 2. The molecule has 0 aromatic heterocycles. The van der Waals surface area contributed by atoms with Crippen LogP contribution in [0.2, 0.25) is 0 Å². The minimum atomic E-state index is -2.98. The first kappa shape index (κ1) is 22.5. The van der Waals surface area contributed by atoms with Gasteiger partial charge in [0, 0.05) is 28.8 Å². The molecule has 1 N–H and O–H groups in total. The lowest BCUT2D eigenvalue weighted by Gasteiger charge is -2.17. The summed E-state index contributed by atoms with van der Waals surface area (Å²) in [6.45, 7) is 0.639. The van der Waals surface area contributed by atoms with E-state index in [9.17, 15) is 18.4 Å². The fraction of sp³-hybridized carbons (Fsp3) is 0.238. The zero-order valence-electron chi connectivity index (χ0n) is 16.2. The number of hydrogen-bond donors (Lipinski definition) is 1. The number of carbonyl (C=O) groups is 2. The molecule has 8 heteroatoms. The number of nitrogens with one attached hydrogen (secondary N) is 1. The highest BCUT2D eigenvalue weighted by Crippen LogP contribution is 2.26. The van der Waals surface area contributed by atoms with Crippen LogP contribution in [0.25, 0.3) is 6.08 Å². The Kier molecular flexibility index (Phi) is 7.90. The van der Waals surface area contributed by atoms with Crippen molar-refractivity contribution in [3.8, 4) is 5.75 Å². The Labute approximate surface area is 176 Å². The van der Waals surface area contributed by atoms with Gasteiger partial charge in [-0.2, -0.15) is 8.78 Å². The van der Waals surface area contributed by atoms with Gasteiger partial charge >= 0.3 is 6.61 Å². The lowest BCUT2D eigenvalue weighted by atomic mass is 10.1. The van der Waals surface area contributed by atoms with Gasteiger partial charge in [0.2, 0.25) is 11.8 Å². The van der Waals surface area contributed by atoms with Crippen LogP contribution in [0.3, 0.4) is 0 Å². The summed E-state index contributed by atoms with van der Waals surface area (Å²) in [6.07, 6.45) is 2.57. The number of amides is 2. The number of nitrogens with zero attached hydrogens (tertiary/aromatic N) is 1. The number of carbonyl (C=O) groups excluding carboxylic acids is 2. The molecule has 154 valence electrons. The maximum atomic E-state index is 12.5. The molecule has 0 aliphatic heterocycles. The van der Waals surface area contributed by atoms with E-state index in [1.54, 1.807) is 12.1 Å². The molecule has 0 bridgehead atoms. The molecule has 29 heavy (non-hydrogen) atoms. The maximum Gasteiger partial charge on any atom is 0.387 e. The molecule has 0 atom stereocenters. The molecule has 0 saturated carbocycles. The standard InChI is InChI=1S/C21H21BrF2N2O3/c1-13-5-4-6-14(2)20(13)25-18(27)12-26(3)19(28)10-7-15-11-16(22)8-9-17(15)29-21(23)24/h4-11,21H,12H2,1-3H3,(H,25,27)/b10-7+. The Balaban J connectivity index is 2.04. The summed E-state index contributed by atoms with van der Waals surface area (Å²) in [5.74, 6) is -0.844. The quantitative estimate of drug-likeness (QED) is 0.597. The summed E-state index contributed by atoms with van der Waals surface area (Å²) in [5.41, 5.74) is 2.88. The van der Waals surface area contributed by atoms with E-state index in [2.05, 4.69) is 26.0 Å². The van der Waals surface area contributed by atoms with E-state index < -0.39 is 12.5 Å². The minimum Gasteiger partial charge on any atom is -0.434 e. The first-order chi connectivity index (χ1) is 13.7.